The van der Waals surface area contributed by atoms with Crippen LogP contribution in [-0.4, -0.2) is 32.9 Å². The molecule has 8 heavy (non-hydrogen) atoms. The molecule has 0 aromatic carbocycles. The Bertz CT molecular complexity index is 8.49. The first-order valence-electron chi connectivity index (χ1n) is 0.218. The Morgan fingerprint density at radius 1 is 0.500 bits per heavy atom. The van der Waals surface area contributed by atoms with Crippen LogP contribution in [0.2, 0.25) is 0 Å². The van der Waals surface area contributed by atoms with E-state index in [1.807, 2.05) is 0 Å². The molecule has 58 valence electrons. The molecule has 0 aliphatic rings. The average Bonchev–Trinajstić information content (AvgIpc) is 1.00. The Hall–Kier alpha value is 1.41. The van der Waals surface area contributed by atoms with E-state index >= 15 is 0 Å². The predicted octanol–water partition coefficient (Wildman–Crippen LogP) is -4.26. The summed E-state index contributed by atoms with van der Waals surface area (Å²) in [5.74, 6) is 0. The van der Waals surface area contributed by atoms with E-state index < -0.39 is 0 Å². The van der Waals surface area contributed by atoms with Crippen molar-refractivity contribution < 1.29 is 70.5 Å². The molecule has 0 bridgehead atoms. The van der Waals surface area contributed by atoms with Crippen molar-refractivity contribution in [1.29, 1.82) is 0 Å². The molecule has 0 aromatic rings. The zero-order valence-corrected chi connectivity index (χ0v) is 8.42. The molecule has 0 fully saturated rings. The van der Waals surface area contributed by atoms with E-state index in [-0.39, 0.29) is 32.9 Å². The molecule has 0 rings (SSSR count). The summed E-state index contributed by atoms with van der Waals surface area (Å²) >= 11 is 0.639. The monoisotopic (exact) mass is 284 g/mol. The van der Waals surface area contributed by atoms with Crippen molar-refractivity contribution in [2.75, 3.05) is 0 Å². The Morgan fingerprint density at radius 3 is 0.500 bits per heavy atom. The zero-order chi connectivity index (χ0) is 2.00. The van der Waals surface area contributed by atoms with Crippen molar-refractivity contribution in [3.63, 3.8) is 0 Å². The van der Waals surface area contributed by atoms with Crippen LogP contribution < -0.4 is 0 Å². The minimum absolute atomic E-state index is 0. The van der Waals surface area contributed by atoms with Crippen LogP contribution in [0.1, 0.15) is 0 Å². The average molecular weight is 284 g/mol. The zero-order valence-electron chi connectivity index (χ0n) is 3.96. The Kier molecular flexibility index (Phi) is 3310. The third-order valence-electron chi connectivity index (χ3n) is 0. The first-order chi connectivity index (χ1) is 1.00. The van der Waals surface area contributed by atoms with Crippen LogP contribution in [0, 0.1) is 37.6 Å². The van der Waals surface area contributed by atoms with E-state index in [2.05, 4.69) is 0 Å². The second kappa shape index (κ2) is 231. The topological polar surface area (TPSA) is 189 Å². The molecule has 0 amide bonds. The molecule has 0 unspecified atom stereocenters. The van der Waals surface area contributed by atoms with Gasteiger partial charge < -0.3 is 32.9 Å². The van der Waals surface area contributed by atoms with Crippen molar-refractivity contribution in [2.24, 2.45) is 0 Å². The quantitative estimate of drug-likeness (QED) is 0.416. The normalized spacial score (nSPS) is 0.500. The summed E-state index contributed by atoms with van der Waals surface area (Å²) in [6, 6.07) is 0. The Labute approximate surface area is 75.5 Å². The molecule has 0 saturated carbocycles. The second-order valence-electron chi connectivity index (χ2n) is 0. The summed E-state index contributed by atoms with van der Waals surface area (Å²) in [6.45, 7) is 0. The fourth-order valence-electron chi connectivity index (χ4n) is 0. The standard InChI is InChI=1S/ClH.6H2O.Pr/h1H;6*1H2;/q;;;;;;;+1/p-1. The van der Waals surface area contributed by atoms with Gasteiger partial charge in [-0.05, 0) is 0 Å². The van der Waals surface area contributed by atoms with E-state index in [4.69, 9.17) is 5.72 Å². The number of hydrogen-bond donors (Lipinski definition) is 0. The van der Waals surface area contributed by atoms with Gasteiger partial charge >= 0.3 is 43.3 Å². The molecular weight excluding hydrogens is 272 g/mol. The molecule has 0 atom stereocenters. The summed E-state index contributed by atoms with van der Waals surface area (Å²) < 4.78 is 0. The number of rotatable bonds is 0. The molecule has 0 aromatic heterocycles. The van der Waals surface area contributed by atoms with Gasteiger partial charge in [0.25, 0.3) is 0 Å². The molecule has 0 spiro atoms. The fourth-order valence-corrected chi connectivity index (χ4v) is 0. The van der Waals surface area contributed by atoms with Crippen molar-refractivity contribution in [3.05, 3.63) is 0 Å². The molecule has 0 heterocycles. The van der Waals surface area contributed by atoms with Gasteiger partial charge in [0.1, 0.15) is 0 Å². The maximum atomic E-state index is 4.81. The van der Waals surface area contributed by atoms with Gasteiger partial charge in [0, 0.05) is 0 Å². The van der Waals surface area contributed by atoms with Crippen molar-refractivity contribution in [2.45, 2.75) is 0 Å². The van der Waals surface area contributed by atoms with Crippen molar-refractivity contribution >= 4 is 5.72 Å². The molecule has 12 N–H and O–H groups in total. The number of halogens is 1. The van der Waals surface area contributed by atoms with Crippen LogP contribution in [0.4, 0.5) is 0 Å². The van der Waals surface area contributed by atoms with E-state index in [1.54, 1.807) is 0 Å². The summed E-state index contributed by atoms with van der Waals surface area (Å²) in [5.41, 5.74) is 4.81. The van der Waals surface area contributed by atoms with Gasteiger partial charge in [0.2, 0.25) is 0 Å². The SMILES string of the molecule is O.O.O.O.O.O.[Cl][Pr]. The van der Waals surface area contributed by atoms with Crippen LogP contribution in [0.15, 0.2) is 0 Å². The summed E-state index contributed by atoms with van der Waals surface area (Å²) in [4.78, 5) is 0. The molecule has 6 nitrogen and oxygen atoms in total. The van der Waals surface area contributed by atoms with Crippen molar-refractivity contribution in [1.82, 2.24) is 0 Å². The second-order valence-corrected chi connectivity index (χ2v) is 0. The molecule has 0 aliphatic heterocycles. The minimum atomic E-state index is 0. The third kappa shape index (κ3) is 153. The summed E-state index contributed by atoms with van der Waals surface area (Å²) in [5, 5.41) is 0. The third-order valence-corrected chi connectivity index (χ3v) is 0. The van der Waals surface area contributed by atoms with Gasteiger partial charge in [0.05, 0.1) is 0 Å². The van der Waals surface area contributed by atoms with Crippen LogP contribution >= 0.6 is 5.72 Å². The van der Waals surface area contributed by atoms with E-state index in [9.17, 15) is 0 Å². The molecule has 0 aliphatic carbocycles. The summed E-state index contributed by atoms with van der Waals surface area (Å²) in [6.07, 6.45) is 0. The maximum absolute atomic E-state index is 4.81. The van der Waals surface area contributed by atoms with Crippen LogP contribution in [0.25, 0.3) is 0 Å². The van der Waals surface area contributed by atoms with Gasteiger partial charge in [-0.2, -0.15) is 0 Å². The fraction of sp³-hybridized carbons (Fsp3) is 0. The first kappa shape index (κ1) is 114. The van der Waals surface area contributed by atoms with Crippen LogP contribution in [0.5, 0.6) is 0 Å². The molecular formula is H12ClO6Pr. The van der Waals surface area contributed by atoms with Crippen LogP contribution in [-0.2, 0) is 0 Å². The van der Waals surface area contributed by atoms with E-state index in [0.29, 0.717) is 37.6 Å². The van der Waals surface area contributed by atoms with Crippen LogP contribution in [0.3, 0.4) is 0 Å². The predicted molar refractivity (Wildman–Crippen MR) is 27.5 cm³/mol. The molecule has 8 heteroatoms. The first-order valence-corrected chi connectivity index (χ1v) is 4.86. The Morgan fingerprint density at radius 2 is 0.500 bits per heavy atom. The molecule has 0 saturated heterocycles. The van der Waals surface area contributed by atoms with Crippen molar-refractivity contribution in [3.8, 4) is 0 Å². The van der Waals surface area contributed by atoms with E-state index in [1.165, 1.54) is 0 Å². The van der Waals surface area contributed by atoms with Gasteiger partial charge in [-0.1, -0.05) is 0 Å². The van der Waals surface area contributed by atoms with Gasteiger partial charge in [-0.15, -0.1) is 0 Å². The van der Waals surface area contributed by atoms with Gasteiger partial charge in [-0.25, -0.2) is 0 Å². The van der Waals surface area contributed by atoms with Gasteiger partial charge in [-0.3, -0.25) is 0 Å². The van der Waals surface area contributed by atoms with E-state index in [0.717, 1.165) is 0 Å². The van der Waals surface area contributed by atoms with Gasteiger partial charge in [0.15, 0.2) is 0 Å². The number of hydrogen-bond acceptors (Lipinski definition) is 0. The Balaban J connectivity index is -0.000000000333. The molecule has 0 radical (unpaired) electrons. The summed E-state index contributed by atoms with van der Waals surface area (Å²) in [7, 11) is 0.